The van der Waals surface area contributed by atoms with Crippen LogP contribution in [0.15, 0.2) is 22.7 Å². The van der Waals surface area contributed by atoms with Gasteiger partial charge in [0.2, 0.25) is 0 Å². The number of rotatable bonds is 3. The van der Waals surface area contributed by atoms with Crippen molar-refractivity contribution in [3.63, 3.8) is 0 Å². The fourth-order valence-electron chi connectivity index (χ4n) is 2.09. The average molecular weight is 313 g/mol. The molecule has 1 aliphatic heterocycles. The number of phenolic OH excluding ortho intramolecular Hbond substituents is 1. The van der Waals surface area contributed by atoms with E-state index in [1.54, 1.807) is 12.1 Å². The van der Waals surface area contributed by atoms with Gasteiger partial charge in [-0.1, -0.05) is 0 Å². The third kappa shape index (κ3) is 3.46. The van der Waals surface area contributed by atoms with Crippen LogP contribution in [0.5, 0.6) is 5.75 Å². The number of amides is 1. The highest BCUT2D eigenvalue weighted by Crippen LogP contribution is 2.24. The van der Waals surface area contributed by atoms with Gasteiger partial charge in [0.05, 0.1) is 4.47 Å². The lowest BCUT2D eigenvalue weighted by Crippen LogP contribution is -2.38. The summed E-state index contributed by atoms with van der Waals surface area (Å²) in [6.45, 7) is 2.72. The summed E-state index contributed by atoms with van der Waals surface area (Å²) in [4.78, 5) is 11.9. The van der Waals surface area contributed by atoms with Crippen LogP contribution in [0.25, 0.3) is 0 Å². The van der Waals surface area contributed by atoms with Crippen molar-refractivity contribution in [2.75, 3.05) is 19.6 Å². The molecule has 0 aromatic heterocycles. The molecule has 1 aromatic rings. The van der Waals surface area contributed by atoms with E-state index in [0.717, 1.165) is 19.5 Å². The zero-order valence-electron chi connectivity index (χ0n) is 10.1. The summed E-state index contributed by atoms with van der Waals surface area (Å²) in [7, 11) is 0. The summed E-state index contributed by atoms with van der Waals surface area (Å²) in [5.41, 5.74) is 0.486. The van der Waals surface area contributed by atoms with Gasteiger partial charge in [0.15, 0.2) is 0 Å². The van der Waals surface area contributed by atoms with Crippen LogP contribution in [0.1, 0.15) is 23.2 Å². The quantitative estimate of drug-likeness (QED) is 0.798. The molecule has 1 atom stereocenters. The number of nitrogens with one attached hydrogen (secondary N) is 2. The Bertz CT molecular complexity index is 431. The van der Waals surface area contributed by atoms with Crippen molar-refractivity contribution in [3.05, 3.63) is 28.2 Å². The molecule has 1 aromatic carbocycles. The number of hydrogen-bond acceptors (Lipinski definition) is 3. The summed E-state index contributed by atoms with van der Waals surface area (Å²) in [6, 6.07) is 4.84. The second kappa shape index (κ2) is 6.20. The third-order valence-corrected chi connectivity index (χ3v) is 3.83. The Labute approximate surface area is 115 Å². The van der Waals surface area contributed by atoms with Crippen LogP contribution < -0.4 is 10.6 Å². The molecule has 0 bridgehead atoms. The lowest BCUT2D eigenvalue weighted by Gasteiger charge is -2.22. The summed E-state index contributed by atoms with van der Waals surface area (Å²) in [5.74, 6) is 0.456. The van der Waals surface area contributed by atoms with Crippen molar-refractivity contribution in [2.24, 2.45) is 5.92 Å². The third-order valence-electron chi connectivity index (χ3n) is 3.16. The molecule has 4 nitrogen and oxygen atoms in total. The second-order valence-corrected chi connectivity index (χ2v) is 5.44. The molecular formula is C13H17BrN2O2. The van der Waals surface area contributed by atoms with Crippen molar-refractivity contribution in [1.82, 2.24) is 10.6 Å². The first-order valence-electron chi connectivity index (χ1n) is 6.14. The van der Waals surface area contributed by atoms with Gasteiger partial charge in [-0.3, -0.25) is 4.79 Å². The molecule has 98 valence electrons. The highest BCUT2D eigenvalue weighted by atomic mass is 79.9. The molecule has 1 saturated heterocycles. The Hall–Kier alpha value is -1.07. The topological polar surface area (TPSA) is 61.4 Å². The Morgan fingerprint density at radius 2 is 2.39 bits per heavy atom. The first-order valence-corrected chi connectivity index (χ1v) is 6.93. The first kappa shape index (κ1) is 13.4. The molecule has 1 heterocycles. The first-order chi connectivity index (χ1) is 8.66. The maximum atomic E-state index is 11.9. The summed E-state index contributed by atoms with van der Waals surface area (Å²) in [6.07, 6.45) is 2.32. The minimum atomic E-state index is -0.136. The Morgan fingerprint density at radius 3 is 3.06 bits per heavy atom. The number of halogens is 1. The van der Waals surface area contributed by atoms with Gasteiger partial charge in [0.25, 0.3) is 5.91 Å². The minimum absolute atomic E-state index is 0.0852. The van der Waals surface area contributed by atoms with Crippen LogP contribution in [0, 0.1) is 5.92 Å². The van der Waals surface area contributed by atoms with Crippen LogP contribution in [-0.2, 0) is 0 Å². The van der Waals surface area contributed by atoms with E-state index in [2.05, 4.69) is 26.6 Å². The zero-order valence-corrected chi connectivity index (χ0v) is 11.7. The number of benzene rings is 1. The van der Waals surface area contributed by atoms with Crippen molar-refractivity contribution < 1.29 is 9.90 Å². The summed E-state index contributed by atoms with van der Waals surface area (Å²) < 4.78 is 0.593. The molecule has 1 amide bonds. The van der Waals surface area contributed by atoms with Gasteiger partial charge in [0, 0.05) is 12.1 Å². The van der Waals surface area contributed by atoms with Crippen molar-refractivity contribution in [3.8, 4) is 5.75 Å². The number of carbonyl (C=O) groups is 1. The smallest absolute Gasteiger partial charge is 0.251 e. The molecule has 0 spiro atoms. The molecule has 1 unspecified atom stereocenters. The second-order valence-electron chi connectivity index (χ2n) is 4.59. The predicted octanol–water partition coefficient (Wildman–Crippen LogP) is 1.88. The monoisotopic (exact) mass is 312 g/mol. The molecule has 0 radical (unpaired) electrons. The predicted molar refractivity (Wildman–Crippen MR) is 73.7 cm³/mol. The number of hydrogen-bond donors (Lipinski definition) is 3. The van der Waals surface area contributed by atoms with Crippen LogP contribution >= 0.6 is 15.9 Å². The lowest BCUT2D eigenvalue weighted by molar-refractivity contribution is 0.0944. The van der Waals surface area contributed by atoms with Crippen LogP contribution in [-0.4, -0.2) is 30.6 Å². The molecular weight excluding hydrogens is 296 g/mol. The lowest BCUT2D eigenvalue weighted by atomic mass is 9.99. The van der Waals surface area contributed by atoms with E-state index in [1.165, 1.54) is 12.5 Å². The van der Waals surface area contributed by atoms with Crippen molar-refractivity contribution in [2.45, 2.75) is 12.8 Å². The largest absolute Gasteiger partial charge is 0.507 e. The maximum Gasteiger partial charge on any atom is 0.251 e. The van der Waals surface area contributed by atoms with Crippen molar-refractivity contribution in [1.29, 1.82) is 0 Å². The Morgan fingerprint density at radius 1 is 1.56 bits per heavy atom. The van der Waals surface area contributed by atoms with Crippen LogP contribution in [0.4, 0.5) is 0 Å². The van der Waals surface area contributed by atoms with Gasteiger partial charge >= 0.3 is 0 Å². The number of phenols is 1. The van der Waals surface area contributed by atoms with Gasteiger partial charge in [-0.05, 0) is 66.0 Å². The Kier molecular flexibility index (Phi) is 4.60. The highest BCUT2D eigenvalue weighted by Gasteiger charge is 2.14. The number of carbonyl (C=O) groups excluding carboxylic acids is 1. The molecule has 2 rings (SSSR count). The summed E-state index contributed by atoms with van der Waals surface area (Å²) >= 11 is 3.19. The van der Waals surface area contributed by atoms with Gasteiger partial charge < -0.3 is 15.7 Å². The SMILES string of the molecule is O=C(NCC1CCCNC1)c1ccc(Br)c(O)c1. The van der Waals surface area contributed by atoms with Gasteiger partial charge in [-0.2, -0.15) is 0 Å². The standard InChI is InChI=1S/C13H17BrN2O2/c14-11-4-3-10(6-12(11)17)13(18)16-8-9-2-1-5-15-7-9/h3-4,6,9,15,17H,1-2,5,7-8H2,(H,16,18). The molecule has 1 aliphatic rings. The highest BCUT2D eigenvalue weighted by molar-refractivity contribution is 9.10. The minimum Gasteiger partial charge on any atom is -0.507 e. The van der Waals surface area contributed by atoms with Crippen LogP contribution in [0.2, 0.25) is 0 Å². The fourth-order valence-corrected chi connectivity index (χ4v) is 2.34. The van der Waals surface area contributed by atoms with E-state index in [4.69, 9.17) is 0 Å². The molecule has 3 N–H and O–H groups in total. The summed E-state index contributed by atoms with van der Waals surface area (Å²) in [5, 5.41) is 15.8. The van der Waals surface area contributed by atoms with E-state index in [9.17, 15) is 9.90 Å². The fraction of sp³-hybridized carbons (Fsp3) is 0.462. The number of aromatic hydroxyl groups is 1. The molecule has 1 fully saturated rings. The van der Waals surface area contributed by atoms with E-state index < -0.39 is 0 Å². The molecule has 0 saturated carbocycles. The average Bonchev–Trinajstić information content (AvgIpc) is 2.40. The molecule has 18 heavy (non-hydrogen) atoms. The van der Waals surface area contributed by atoms with Crippen LogP contribution in [0.3, 0.4) is 0 Å². The zero-order chi connectivity index (χ0) is 13.0. The van der Waals surface area contributed by atoms with E-state index in [-0.39, 0.29) is 11.7 Å². The normalized spacial score (nSPS) is 19.5. The molecule has 5 heteroatoms. The van der Waals surface area contributed by atoms with Gasteiger partial charge in [0.1, 0.15) is 5.75 Å². The van der Waals surface area contributed by atoms with Crippen molar-refractivity contribution >= 4 is 21.8 Å². The van der Waals surface area contributed by atoms with E-state index in [0.29, 0.717) is 22.5 Å². The number of piperidine rings is 1. The van der Waals surface area contributed by atoms with E-state index >= 15 is 0 Å². The molecule has 0 aliphatic carbocycles. The van der Waals surface area contributed by atoms with E-state index in [1.807, 2.05) is 0 Å². The maximum absolute atomic E-state index is 11.9. The van der Waals surface area contributed by atoms with Gasteiger partial charge in [-0.15, -0.1) is 0 Å². The van der Waals surface area contributed by atoms with Gasteiger partial charge in [-0.25, -0.2) is 0 Å². The Balaban J connectivity index is 1.88.